The van der Waals surface area contributed by atoms with E-state index in [-0.39, 0.29) is 12.0 Å². The van der Waals surface area contributed by atoms with Gasteiger partial charge in [0.1, 0.15) is 5.75 Å². The fourth-order valence-corrected chi connectivity index (χ4v) is 3.43. The summed E-state index contributed by atoms with van der Waals surface area (Å²) in [4.78, 5) is 27.9. The summed E-state index contributed by atoms with van der Waals surface area (Å²) in [5, 5.41) is 0. The molecule has 1 saturated heterocycles. The average molecular weight is 428 g/mol. The molecule has 1 heterocycles. The Bertz CT molecular complexity index is 804. The maximum absolute atomic E-state index is 12.8. The first-order valence-electron chi connectivity index (χ1n) is 9.58. The second-order valence-corrected chi connectivity index (χ2v) is 8.76. The third-order valence-corrected chi connectivity index (χ3v) is 5.95. The van der Waals surface area contributed by atoms with Gasteiger partial charge >= 0.3 is 6.09 Å². The van der Waals surface area contributed by atoms with E-state index in [1.54, 1.807) is 41.0 Å². The quantitative estimate of drug-likeness (QED) is 0.655. The number of benzene rings is 1. The first-order chi connectivity index (χ1) is 13.7. The van der Waals surface area contributed by atoms with Crippen LogP contribution < -0.4 is 9.04 Å². The summed E-state index contributed by atoms with van der Waals surface area (Å²) in [7, 11) is -1.87. The zero-order valence-corrected chi connectivity index (χ0v) is 18.1. The number of hydrogen-bond donors (Lipinski definition) is 0. The molecule has 0 saturated carbocycles. The average Bonchev–Trinajstić information content (AvgIpc) is 2.71. The molecule has 0 aliphatic carbocycles. The SMILES string of the molecule is CCOC(=O)N1CCN(C(=O)[C@@H](CC)Oc2ccc(N(C)S(C)(=O)=O)cc2)CC1. The van der Waals surface area contributed by atoms with Crippen LogP contribution in [0.25, 0.3) is 0 Å². The molecule has 1 aromatic rings. The number of nitrogens with zero attached hydrogens (tertiary/aromatic N) is 3. The summed E-state index contributed by atoms with van der Waals surface area (Å²) >= 11 is 0. The minimum absolute atomic E-state index is 0.131. The van der Waals surface area contributed by atoms with Crippen LogP contribution in [0.15, 0.2) is 24.3 Å². The van der Waals surface area contributed by atoms with Gasteiger partial charge in [0.05, 0.1) is 18.6 Å². The lowest BCUT2D eigenvalue weighted by Crippen LogP contribution is -2.53. The lowest BCUT2D eigenvalue weighted by molar-refractivity contribution is -0.140. The van der Waals surface area contributed by atoms with E-state index in [4.69, 9.17) is 9.47 Å². The van der Waals surface area contributed by atoms with E-state index in [2.05, 4.69) is 0 Å². The molecular weight excluding hydrogens is 398 g/mol. The van der Waals surface area contributed by atoms with Crippen LogP contribution in [0.4, 0.5) is 10.5 Å². The molecule has 2 rings (SSSR count). The predicted octanol–water partition coefficient (Wildman–Crippen LogP) is 1.54. The molecule has 1 atom stereocenters. The topological polar surface area (TPSA) is 96.5 Å². The molecule has 1 aromatic carbocycles. The number of piperazine rings is 1. The van der Waals surface area contributed by atoms with Gasteiger partial charge < -0.3 is 19.3 Å². The normalized spacial score (nSPS) is 15.6. The van der Waals surface area contributed by atoms with Crippen LogP contribution >= 0.6 is 0 Å². The molecule has 1 aliphatic rings. The minimum atomic E-state index is -3.34. The summed E-state index contributed by atoms with van der Waals surface area (Å²) in [6.07, 6.45) is 0.608. The Labute approximate surface area is 172 Å². The highest BCUT2D eigenvalue weighted by atomic mass is 32.2. The van der Waals surface area contributed by atoms with Crippen LogP contribution in [0.2, 0.25) is 0 Å². The van der Waals surface area contributed by atoms with Crippen molar-refractivity contribution in [2.45, 2.75) is 26.4 Å². The van der Waals surface area contributed by atoms with Crippen LogP contribution in [-0.2, 0) is 19.6 Å². The molecule has 0 radical (unpaired) electrons. The van der Waals surface area contributed by atoms with Crippen molar-refractivity contribution in [3.8, 4) is 5.75 Å². The number of rotatable bonds is 7. The summed E-state index contributed by atoms with van der Waals surface area (Å²) in [5.74, 6) is 0.356. The zero-order valence-electron chi connectivity index (χ0n) is 17.3. The molecule has 10 heteroatoms. The Kier molecular flexibility index (Phi) is 7.72. The molecule has 29 heavy (non-hydrogen) atoms. The second kappa shape index (κ2) is 9.82. The summed E-state index contributed by atoms with van der Waals surface area (Å²) in [6.45, 7) is 5.64. The number of anilines is 1. The van der Waals surface area contributed by atoms with Crippen LogP contribution in [0.1, 0.15) is 20.3 Å². The van der Waals surface area contributed by atoms with E-state index in [9.17, 15) is 18.0 Å². The smallest absolute Gasteiger partial charge is 0.409 e. The lowest BCUT2D eigenvalue weighted by atomic mass is 10.2. The lowest BCUT2D eigenvalue weighted by Gasteiger charge is -2.35. The Balaban J connectivity index is 1.96. The standard InChI is InChI=1S/C19H29N3O6S/c1-5-17(18(23)21-11-13-22(14-12-21)19(24)27-6-2)28-16-9-7-15(8-10-16)20(3)29(4,25)26/h7-10,17H,5-6,11-14H2,1-4H3/t17-/m1/s1. The van der Waals surface area contributed by atoms with Crippen molar-refractivity contribution in [3.63, 3.8) is 0 Å². The first-order valence-corrected chi connectivity index (χ1v) is 11.4. The highest BCUT2D eigenvalue weighted by Crippen LogP contribution is 2.22. The molecule has 0 unspecified atom stereocenters. The van der Waals surface area contributed by atoms with E-state index < -0.39 is 16.1 Å². The number of carbonyl (C=O) groups excluding carboxylic acids is 2. The van der Waals surface area contributed by atoms with Gasteiger partial charge in [0.2, 0.25) is 10.0 Å². The molecule has 9 nitrogen and oxygen atoms in total. The van der Waals surface area contributed by atoms with Crippen LogP contribution in [0.5, 0.6) is 5.75 Å². The van der Waals surface area contributed by atoms with Gasteiger partial charge in [-0.25, -0.2) is 13.2 Å². The van der Waals surface area contributed by atoms with Crippen molar-refractivity contribution >= 4 is 27.7 Å². The molecule has 2 amide bonds. The maximum Gasteiger partial charge on any atom is 0.409 e. The number of ether oxygens (including phenoxy) is 2. The van der Waals surface area contributed by atoms with E-state index in [0.717, 1.165) is 6.26 Å². The van der Waals surface area contributed by atoms with E-state index in [1.165, 1.54) is 11.4 Å². The summed E-state index contributed by atoms with van der Waals surface area (Å²) < 4.78 is 35.2. The van der Waals surface area contributed by atoms with Gasteiger partial charge in [-0.05, 0) is 37.6 Å². The molecule has 162 valence electrons. The van der Waals surface area contributed by atoms with Gasteiger partial charge in [-0.1, -0.05) is 6.92 Å². The minimum Gasteiger partial charge on any atom is -0.481 e. The van der Waals surface area contributed by atoms with Gasteiger partial charge in [-0.3, -0.25) is 9.10 Å². The zero-order chi connectivity index (χ0) is 21.6. The molecule has 1 aliphatic heterocycles. The van der Waals surface area contributed by atoms with Gasteiger partial charge in [-0.15, -0.1) is 0 Å². The Morgan fingerprint density at radius 1 is 1.07 bits per heavy atom. The molecular formula is C19H29N3O6S. The fourth-order valence-electron chi connectivity index (χ4n) is 2.93. The highest BCUT2D eigenvalue weighted by molar-refractivity contribution is 7.92. The van der Waals surface area contributed by atoms with Gasteiger partial charge in [-0.2, -0.15) is 0 Å². The van der Waals surface area contributed by atoms with E-state index in [1.807, 2.05) is 6.92 Å². The number of hydrogen-bond acceptors (Lipinski definition) is 6. The molecule has 0 bridgehead atoms. The number of amides is 2. The largest absolute Gasteiger partial charge is 0.481 e. The predicted molar refractivity (Wildman–Crippen MR) is 110 cm³/mol. The van der Waals surface area contributed by atoms with Crippen LogP contribution in [-0.4, -0.2) is 82.4 Å². The molecule has 1 fully saturated rings. The van der Waals surface area contributed by atoms with Crippen molar-refractivity contribution in [2.24, 2.45) is 0 Å². The third-order valence-electron chi connectivity index (χ3n) is 4.74. The summed E-state index contributed by atoms with van der Waals surface area (Å²) in [6, 6.07) is 6.55. The van der Waals surface area contributed by atoms with Crippen molar-refractivity contribution in [2.75, 3.05) is 50.4 Å². The van der Waals surface area contributed by atoms with Crippen molar-refractivity contribution in [1.29, 1.82) is 0 Å². The van der Waals surface area contributed by atoms with Gasteiger partial charge in [0, 0.05) is 33.2 Å². The fraction of sp³-hybridized carbons (Fsp3) is 0.579. The van der Waals surface area contributed by atoms with Crippen molar-refractivity contribution < 1.29 is 27.5 Å². The van der Waals surface area contributed by atoms with E-state index in [0.29, 0.717) is 50.6 Å². The monoisotopic (exact) mass is 427 g/mol. The van der Waals surface area contributed by atoms with Crippen LogP contribution in [0, 0.1) is 0 Å². The molecule has 0 N–H and O–H groups in total. The van der Waals surface area contributed by atoms with Gasteiger partial charge in [0.15, 0.2) is 6.10 Å². The maximum atomic E-state index is 12.8. The molecule has 0 aromatic heterocycles. The van der Waals surface area contributed by atoms with Crippen molar-refractivity contribution in [1.82, 2.24) is 9.80 Å². The first kappa shape index (κ1) is 22.8. The Morgan fingerprint density at radius 3 is 2.10 bits per heavy atom. The third kappa shape index (κ3) is 5.99. The second-order valence-electron chi connectivity index (χ2n) is 6.75. The Morgan fingerprint density at radius 2 is 1.62 bits per heavy atom. The van der Waals surface area contributed by atoms with Gasteiger partial charge in [0.25, 0.3) is 5.91 Å². The number of sulfonamides is 1. The number of carbonyl (C=O) groups is 2. The highest BCUT2D eigenvalue weighted by Gasteiger charge is 2.29. The van der Waals surface area contributed by atoms with Crippen LogP contribution in [0.3, 0.4) is 0 Å². The Hall–Kier alpha value is -2.49. The molecule has 0 spiro atoms. The summed E-state index contributed by atoms with van der Waals surface area (Å²) in [5.41, 5.74) is 0.509. The van der Waals surface area contributed by atoms with Crippen molar-refractivity contribution in [3.05, 3.63) is 24.3 Å². The van der Waals surface area contributed by atoms with E-state index >= 15 is 0 Å².